The van der Waals surface area contributed by atoms with E-state index in [1.807, 2.05) is 25.7 Å². The highest BCUT2D eigenvalue weighted by atomic mass is 35.5. The van der Waals surface area contributed by atoms with E-state index in [-0.39, 0.29) is 30.0 Å². The van der Waals surface area contributed by atoms with Crippen molar-refractivity contribution >= 4 is 18.5 Å². The molecule has 5 heteroatoms. The Labute approximate surface area is 117 Å². The summed E-state index contributed by atoms with van der Waals surface area (Å²) in [6.45, 7) is 14.6. The second-order valence-electron chi connectivity index (χ2n) is 6.76. The molecule has 0 aromatic heterocycles. The Morgan fingerprint density at radius 1 is 1.22 bits per heavy atom. The molecule has 0 aromatic rings. The molecule has 1 heterocycles. The molecule has 108 valence electrons. The van der Waals surface area contributed by atoms with Crippen molar-refractivity contribution in [3.8, 4) is 0 Å². The Hall–Kier alpha value is -0.480. The van der Waals surface area contributed by atoms with E-state index in [1.165, 1.54) is 0 Å². The van der Waals surface area contributed by atoms with Gasteiger partial charge in [-0.3, -0.25) is 0 Å². The Morgan fingerprint density at radius 3 is 2.22 bits per heavy atom. The van der Waals surface area contributed by atoms with Crippen LogP contribution in [0.15, 0.2) is 0 Å². The third kappa shape index (κ3) is 5.02. The molecule has 1 fully saturated rings. The first-order valence-corrected chi connectivity index (χ1v) is 6.31. The number of rotatable bonds is 0. The SMILES string of the molecule is CC(C)(C)OC(=O)N1CCNC[C@H]1C(C)(C)C.Cl. The van der Waals surface area contributed by atoms with Crippen molar-refractivity contribution in [1.82, 2.24) is 10.2 Å². The highest BCUT2D eigenvalue weighted by Gasteiger charge is 2.37. The van der Waals surface area contributed by atoms with Crippen LogP contribution in [0.4, 0.5) is 4.79 Å². The van der Waals surface area contributed by atoms with Crippen molar-refractivity contribution in [3.05, 3.63) is 0 Å². The van der Waals surface area contributed by atoms with Gasteiger partial charge >= 0.3 is 6.09 Å². The van der Waals surface area contributed by atoms with Crippen LogP contribution in [0, 0.1) is 5.41 Å². The number of hydrogen-bond acceptors (Lipinski definition) is 3. The van der Waals surface area contributed by atoms with E-state index in [0.717, 1.165) is 19.6 Å². The Morgan fingerprint density at radius 2 is 1.78 bits per heavy atom. The summed E-state index contributed by atoms with van der Waals surface area (Å²) in [4.78, 5) is 14.0. The largest absolute Gasteiger partial charge is 0.444 e. The predicted octanol–water partition coefficient (Wildman–Crippen LogP) is 2.66. The minimum absolute atomic E-state index is 0. The molecular weight excluding hydrogens is 252 g/mol. The second-order valence-corrected chi connectivity index (χ2v) is 6.76. The Kier molecular flexibility index (Phi) is 5.95. The number of ether oxygens (including phenoxy) is 1. The van der Waals surface area contributed by atoms with Gasteiger partial charge in [0.15, 0.2) is 0 Å². The predicted molar refractivity (Wildman–Crippen MR) is 76.3 cm³/mol. The zero-order valence-electron chi connectivity index (χ0n) is 12.4. The lowest BCUT2D eigenvalue weighted by atomic mass is 9.85. The van der Waals surface area contributed by atoms with Crippen LogP contribution in [0.5, 0.6) is 0 Å². The minimum Gasteiger partial charge on any atom is -0.444 e. The normalized spacial score (nSPS) is 21.2. The molecule has 0 aliphatic carbocycles. The summed E-state index contributed by atoms with van der Waals surface area (Å²) in [7, 11) is 0. The fourth-order valence-electron chi connectivity index (χ4n) is 2.02. The van der Waals surface area contributed by atoms with Crippen molar-refractivity contribution in [3.63, 3.8) is 0 Å². The van der Waals surface area contributed by atoms with Gasteiger partial charge in [-0.25, -0.2) is 4.79 Å². The fraction of sp³-hybridized carbons (Fsp3) is 0.923. The molecule has 0 unspecified atom stereocenters. The van der Waals surface area contributed by atoms with Gasteiger partial charge in [0.25, 0.3) is 0 Å². The van der Waals surface area contributed by atoms with E-state index in [1.54, 1.807) is 0 Å². The van der Waals surface area contributed by atoms with E-state index in [2.05, 4.69) is 26.1 Å². The third-order valence-corrected chi connectivity index (χ3v) is 2.87. The van der Waals surface area contributed by atoms with E-state index < -0.39 is 5.60 Å². The molecule has 1 rings (SSSR count). The van der Waals surface area contributed by atoms with Gasteiger partial charge in [0.2, 0.25) is 0 Å². The van der Waals surface area contributed by atoms with Gasteiger partial charge in [0, 0.05) is 19.6 Å². The molecule has 0 bridgehead atoms. The summed E-state index contributed by atoms with van der Waals surface area (Å²) in [5.41, 5.74) is -0.366. The maximum atomic E-state index is 12.1. The molecule has 4 nitrogen and oxygen atoms in total. The molecule has 0 radical (unpaired) electrons. The average molecular weight is 279 g/mol. The number of halogens is 1. The standard InChI is InChI=1S/C13H26N2O2.ClH/c1-12(2,3)10-9-14-7-8-15(10)11(16)17-13(4,5)6;/h10,14H,7-9H2,1-6H3;1H/t10-;/m0./s1. The Balaban J connectivity index is 0.00000289. The van der Waals surface area contributed by atoms with E-state index in [4.69, 9.17) is 4.74 Å². The first kappa shape index (κ1) is 17.5. The highest BCUT2D eigenvalue weighted by molar-refractivity contribution is 5.85. The summed E-state index contributed by atoms with van der Waals surface area (Å²) < 4.78 is 5.46. The zero-order valence-corrected chi connectivity index (χ0v) is 13.2. The van der Waals surface area contributed by atoms with Gasteiger partial charge < -0.3 is 15.0 Å². The van der Waals surface area contributed by atoms with Crippen LogP contribution in [0.25, 0.3) is 0 Å². The van der Waals surface area contributed by atoms with Gasteiger partial charge in [0.1, 0.15) is 5.60 Å². The van der Waals surface area contributed by atoms with Crippen LogP contribution in [-0.2, 0) is 4.74 Å². The first-order valence-electron chi connectivity index (χ1n) is 6.31. The van der Waals surface area contributed by atoms with E-state index in [0.29, 0.717) is 0 Å². The second kappa shape index (κ2) is 6.11. The van der Waals surface area contributed by atoms with E-state index >= 15 is 0 Å². The minimum atomic E-state index is -0.426. The molecule has 1 aliphatic rings. The van der Waals surface area contributed by atoms with Crippen LogP contribution < -0.4 is 5.32 Å². The number of piperazine rings is 1. The molecule has 1 N–H and O–H groups in total. The van der Waals surface area contributed by atoms with Gasteiger partial charge in [0.05, 0.1) is 6.04 Å². The van der Waals surface area contributed by atoms with Crippen LogP contribution in [0.3, 0.4) is 0 Å². The van der Waals surface area contributed by atoms with Gasteiger partial charge in [-0.2, -0.15) is 0 Å². The maximum absolute atomic E-state index is 12.1. The van der Waals surface area contributed by atoms with Gasteiger partial charge in [-0.1, -0.05) is 20.8 Å². The van der Waals surface area contributed by atoms with Crippen molar-refractivity contribution in [2.45, 2.75) is 53.2 Å². The number of amides is 1. The molecule has 18 heavy (non-hydrogen) atoms. The molecule has 1 amide bonds. The average Bonchev–Trinajstić information content (AvgIpc) is 2.13. The first-order chi connectivity index (χ1) is 7.61. The smallest absolute Gasteiger partial charge is 0.410 e. The van der Waals surface area contributed by atoms with Crippen LogP contribution >= 0.6 is 12.4 Å². The van der Waals surface area contributed by atoms with Crippen LogP contribution in [0.1, 0.15) is 41.5 Å². The molecule has 1 saturated heterocycles. The topological polar surface area (TPSA) is 41.6 Å². The Bertz CT molecular complexity index is 282. The van der Waals surface area contributed by atoms with Crippen molar-refractivity contribution < 1.29 is 9.53 Å². The lowest BCUT2D eigenvalue weighted by Gasteiger charge is -2.43. The molecular formula is C13H27ClN2O2. The number of nitrogens with zero attached hydrogens (tertiary/aromatic N) is 1. The van der Waals surface area contributed by atoms with E-state index in [9.17, 15) is 4.79 Å². The number of nitrogens with one attached hydrogen (secondary N) is 1. The lowest BCUT2D eigenvalue weighted by Crippen LogP contribution is -2.59. The van der Waals surface area contributed by atoms with Gasteiger partial charge in [-0.05, 0) is 26.2 Å². The number of hydrogen-bond donors (Lipinski definition) is 1. The van der Waals surface area contributed by atoms with Crippen molar-refractivity contribution in [2.75, 3.05) is 19.6 Å². The quantitative estimate of drug-likeness (QED) is 0.741. The zero-order chi connectivity index (χ0) is 13.3. The number of carbonyl (C=O) groups is 1. The maximum Gasteiger partial charge on any atom is 0.410 e. The third-order valence-electron chi connectivity index (χ3n) is 2.87. The summed E-state index contributed by atoms with van der Waals surface area (Å²) in [5.74, 6) is 0. The lowest BCUT2D eigenvalue weighted by molar-refractivity contribution is -0.00361. The highest BCUT2D eigenvalue weighted by Crippen LogP contribution is 2.26. The molecule has 0 spiro atoms. The summed E-state index contributed by atoms with van der Waals surface area (Å²) in [5, 5.41) is 3.34. The van der Waals surface area contributed by atoms with Crippen LogP contribution in [0.2, 0.25) is 0 Å². The molecule has 1 atom stereocenters. The van der Waals surface area contributed by atoms with Crippen molar-refractivity contribution in [2.24, 2.45) is 5.41 Å². The van der Waals surface area contributed by atoms with Gasteiger partial charge in [-0.15, -0.1) is 12.4 Å². The summed E-state index contributed by atoms with van der Waals surface area (Å²) in [6, 6.07) is 0.186. The fourth-order valence-corrected chi connectivity index (χ4v) is 2.02. The molecule has 0 saturated carbocycles. The molecule has 0 aromatic carbocycles. The monoisotopic (exact) mass is 278 g/mol. The van der Waals surface area contributed by atoms with Crippen molar-refractivity contribution in [1.29, 1.82) is 0 Å². The van der Waals surface area contributed by atoms with Crippen LogP contribution in [-0.4, -0.2) is 42.3 Å². The summed E-state index contributed by atoms with van der Waals surface area (Å²) in [6.07, 6.45) is -0.195. The molecule has 1 aliphatic heterocycles. The summed E-state index contributed by atoms with van der Waals surface area (Å²) >= 11 is 0. The number of carbonyl (C=O) groups excluding carboxylic acids is 1.